The number of rotatable bonds is 7. The Kier molecular flexibility index (Phi) is 6.85. The minimum absolute atomic E-state index is 0.599. The Morgan fingerprint density at radius 2 is 1.93 bits per heavy atom. The molecule has 0 atom stereocenters. The number of thioether (sulfide) groups is 1. The SMILES string of the molecule is NCCOCCSCc1ccc(Cl)cc1. The molecule has 0 saturated carbocycles. The van der Waals surface area contributed by atoms with Crippen LogP contribution < -0.4 is 5.73 Å². The van der Waals surface area contributed by atoms with Gasteiger partial charge in [0.05, 0.1) is 13.2 Å². The highest BCUT2D eigenvalue weighted by atomic mass is 35.5. The van der Waals surface area contributed by atoms with E-state index >= 15 is 0 Å². The first-order valence-corrected chi connectivity index (χ1v) is 6.46. The van der Waals surface area contributed by atoms with Gasteiger partial charge in [-0.2, -0.15) is 11.8 Å². The van der Waals surface area contributed by atoms with E-state index < -0.39 is 0 Å². The van der Waals surface area contributed by atoms with Crippen LogP contribution in [-0.4, -0.2) is 25.5 Å². The highest BCUT2D eigenvalue weighted by Gasteiger charge is 1.94. The standard InChI is InChI=1S/C11H16ClNOS/c12-11-3-1-10(2-4-11)9-15-8-7-14-6-5-13/h1-4H,5-9,13H2. The zero-order valence-electron chi connectivity index (χ0n) is 8.62. The fourth-order valence-electron chi connectivity index (χ4n) is 1.07. The number of ether oxygens (including phenoxy) is 1. The predicted molar refractivity (Wildman–Crippen MR) is 67.5 cm³/mol. The van der Waals surface area contributed by atoms with Crippen LogP contribution in [0.4, 0.5) is 0 Å². The second-order valence-electron chi connectivity index (χ2n) is 3.08. The molecule has 1 aromatic rings. The normalized spacial score (nSPS) is 10.5. The van der Waals surface area contributed by atoms with Crippen molar-refractivity contribution in [3.63, 3.8) is 0 Å². The van der Waals surface area contributed by atoms with E-state index in [4.69, 9.17) is 22.1 Å². The topological polar surface area (TPSA) is 35.2 Å². The van der Waals surface area contributed by atoms with E-state index in [1.165, 1.54) is 5.56 Å². The summed E-state index contributed by atoms with van der Waals surface area (Å²) >= 11 is 7.65. The summed E-state index contributed by atoms with van der Waals surface area (Å²) in [4.78, 5) is 0. The van der Waals surface area contributed by atoms with E-state index in [-0.39, 0.29) is 0 Å². The van der Waals surface area contributed by atoms with Crippen LogP contribution in [0.1, 0.15) is 5.56 Å². The fourth-order valence-corrected chi connectivity index (χ4v) is 2.01. The van der Waals surface area contributed by atoms with Crippen LogP contribution >= 0.6 is 23.4 Å². The lowest BCUT2D eigenvalue weighted by atomic mass is 10.2. The molecule has 15 heavy (non-hydrogen) atoms. The van der Waals surface area contributed by atoms with Crippen LogP contribution in [-0.2, 0) is 10.5 Å². The summed E-state index contributed by atoms with van der Waals surface area (Å²) in [5.74, 6) is 2.01. The number of hydrogen-bond donors (Lipinski definition) is 1. The third kappa shape index (κ3) is 6.05. The predicted octanol–water partition coefficient (Wildman–Crippen LogP) is 2.55. The summed E-state index contributed by atoms with van der Waals surface area (Å²) in [5, 5.41) is 0.787. The first-order valence-electron chi connectivity index (χ1n) is 4.93. The van der Waals surface area contributed by atoms with Gasteiger partial charge in [0.25, 0.3) is 0 Å². The summed E-state index contributed by atoms with van der Waals surface area (Å²) in [6.07, 6.45) is 0. The fraction of sp³-hybridized carbons (Fsp3) is 0.455. The lowest BCUT2D eigenvalue weighted by Gasteiger charge is -2.03. The minimum Gasteiger partial charge on any atom is -0.379 e. The first-order chi connectivity index (χ1) is 7.33. The molecule has 0 unspecified atom stereocenters. The highest BCUT2D eigenvalue weighted by molar-refractivity contribution is 7.98. The number of hydrogen-bond acceptors (Lipinski definition) is 3. The van der Waals surface area contributed by atoms with E-state index in [0.717, 1.165) is 23.1 Å². The second kappa shape index (κ2) is 7.99. The summed E-state index contributed by atoms with van der Waals surface area (Å²) in [7, 11) is 0. The Morgan fingerprint density at radius 1 is 1.20 bits per heavy atom. The molecule has 0 heterocycles. The molecular formula is C11H16ClNOS. The van der Waals surface area contributed by atoms with E-state index in [1.807, 2.05) is 23.9 Å². The molecule has 0 aliphatic carbocycles. The molecule has 0 saturated heterocycles. The van der Waals surface area contributed by atoms with Crippen molar-refractivity contribution in [2.45, 2.75) is 5.75 Å². The van der Waals surface area contributed by atoms with Crippen molar-refractivity contribution in [3.8, 4) is 0 Å². The largest absolute Gasteiger partial charge is 0.379 e. The molecule has 2 nitrogen and oxygen atoms in total. The summed E-state index contributed by atoms with van der Waals surface area (Å²) in [5.41, 5.74) is 6.60. The highest BCUT2D eigenvalue weighted by Crippen LogP contribution is 2.15. The van der Waals surface area contributed by atoms with Gasteiger partial charge in [0, 0.05) is 23.1 Å². The maximum Gasteiger partial charge on any atom is 0.0589 e. The monoisotopic (exact) mass is 245 g/mol. The van der Waals surface area contributed by atoms with Gasteiger partial charge < -0.3 is 10.5 Å². The Balaban J connectivity index is 2.07. The molecule has 0 amide bonds. The van der Waals surface area contributed by atoms with Gasteiger partial charge in [0.1, 0.15) is 0 Å². The van der Waals surface area contributed by atoms with Crippen molar-refractivity contribution in [1.82, 2.24) is 0 Å². The van der Waals surface area contributed by atoms with Gasteiger partial charge in [-0.25, -0.2) is 0 Å². The van der Waals surface area contributed by atoms with E-state index in [1.54, 1.807) is 0 Å². The van der Waals surface area contributed by atoms with Gasteiger partial charge >= 0.3 is 0 Å². The van der Waals surface area contributed by atoms with E-state index in [0.29, 0.717) is 13.2 Å². The number of nitrogens with two attached hydrogens (primary N) is 1. The molecule has 1 aromatic carbocycles. The molecule has 0 aromatic heterocycles. The average molecular weight is 246 g/mol. The Hall–Kier alpha value is -0.220. The Bertz CT molecular complexity index is 266. The zero-order chi connectivity index (χ0) is 10.9. The third-order valence-corrected chi connectivity index (χ3v) is 3.06. The van der Waals surface area contributed by atoms with E-state index in [9.17, 15) is 0 Å². The number of halogens is 1. The maximum atomic E-state index is 5.79. The lowest BCUT2D eigenvalue weighted by Crippen LogP contribution is -2.09. The molecule has 1 rings (SSSR count). The summed E-state index contributed by atoms with van der Waals surface area (Å²) in [6, 6.07) is 7.94. The van der Waals surface area contributed by atoms with Gasteiger partial charge in [-0.1, -0.05) is 23.7 Å². The van der Waals surface area contributed by atoms with Gasteiger partial charge in [0.2, 0.25) is 0 Å². The molecule has 0 bridgehead atoms. The Labute approximate surface area is 100 Å². The molecule has 0 radical (unpaired) electrons. The average Bonchev–Trinajstić information content (AvgIpc) is 2.26. The first kappa shape index (κ1) is 12.8. The van der Waals surface area contributed by atoms with Gasteiger partial charge in [0.15, 0.2) is 0 Å². The molecule has 0 spiro atoms. The summed E-state index contributed by atoms with van der Waals surface area (Å²) in [6.45, 7) is 2.03. The van der Waals surface area contributed by atoms with Crippen LogP contribution in [0, 0.1) is 0 Å². The number of benzene rings is 1. The molecule has 0 fully saturated rings. The zero-order valence-corrected chi connectivity index (χ0v) is 10.2. The maximum absolute atomic E-state index is 5.79. The lowest BCUT2D eigenvalue weighted by molar-refractivity contribution is 0.158. The van der Waals surface area contributed by atoms with E-state index in [2.05, 4.69) is 12.1 Å². The quantitative estimate of drug-likeness (QED) is 0.750. The van der Waals surface area contributed by atoms with Crippen molar-refractivity contribution in [1.29, 1.82) is 0 Å². The molecule has 0 aliphatic rings. The molecule has 2 N–H and O–H groups in total. The smallest absolute Gasteiger partial charge is 0.0589 e. The van der Waals surface area contributed by atoms with Crippen molar-refractivity contribution in [2.75, 3.05) is 25.5 Å². The molecule has 84 valence electrons. The second-order valence-corrected chi connectivity index (χ2v) is 4.62. The van der Waals surface area contributed by atoms with Crippen molar-refractivity contribution >= 4 is 23.4 Å². The van der Waals surface area contributed by atoms with Crippen molar-refractivity contribution in [2.24, 2.45) is 5.73 Å². The van der Waals surface area contributed by atoms with Crippen molar-refractivity contribution < 1.29 is 4.74 Å². The van der Waals surface area contributed by atoms with Crippen LogP contribution in [0.25, 0.3) is 0 Å². The van der Waals surface area contributed by atoms with Gasteiger partial charge in [-0.05, 0) is 17.7 Å². The summed E-state index contributed by atoms with van der Waals surface area (Å²) < 4.78 is 5.27. The van der Waals surface area contributed by atoms with Crippen LogP contribution in [0.5, 0.6) is 0 Å². The molecule has 0 aliphatic heterocycles. The van der Waals surface area contributed by atoms with Gasteiger partial charge in [-0.15, -0.1) is 0 Å². The van der Waals surface area contributed by atoms with Crippen LogP contribution in [0.15, 0.2) is 24.3 Å². The van der Waals surface area contributed by atoms with Crippen molar-refractivity contribution in [3.05, 3.63) is 34.9 Å². The van der Waals surface area contributed by atoms with Gasteiger partial charge in [-0.3, -0.25) is 0 Å². The Morgan fingerprint density at radius 3 is 2.60 bits per heavy atom. The molecular weight excluding hydrogens is 230 g/mol. The third-order valence-electron chi connectivity index (χ3n) is 1.82. The van der Waals surface area contributed by atoms with Crippen LogP contribution in [0.2, 0.25) is 5.02 Å². The minimum atomic E-state index is 0.599. The molecule has 4 heteroatoms. The van der Waals surface area contributed by atoms with Crippen LogP contribution in [0.3, 0.4) is 0 Å².